The zero-order chi connectivity index (χ0) is 19.4. The van der Waals surface area contributed by atoms with Crippen LogP contribution in [0.3, 0.4) is 0 Å². The van der Waals surface area contributed by atoms with Crippen LogP contribution in [0.1, 0.15) is 22.5 Å². The number of non-ortho nitro benzene ring substituents is 1. The fourth-order valence-electron chi connectivity index (χ4n) is 2.96. The van der Waals surface area contributed by atoms with E-state index >= 15 is 0 Å². The smallest absolute Gasteiger partial charge is 0.269 e. The van der Waals surface area contributed by atoms with Crippen molar-refractivity contribution in [2.45, 2.75) is 26.8 Å². The number of carbonyl (C=O) groups is 1. The molecule has 0 bridgehead atoms. The van der Waals surface area contributed by atoms with Crippen molar-refractivity contribution in [2.24, 2.45) is 0 Å². The fourth-order valence-corrected chi connectivity index (χ4v) is 2.96. The summed E-state index contributed by atoms with van der Waals surface area (Å²) in [5, 5.41) is 18.2. The lowest BCUT2D eigenvalue weighted by Crippen LogP contribution is -2.25. The van der Waals surface area contributed by atoms with Crippen LogP contribution in [-0.2, 0) is 17.8 Å². The molecule has 0 fully saturated rings. The molecule has 0 aliphatic rings. The van der Waals surface area contributed by atoms with E-state index in [9.17, 15) is 14.9 Å². The van der Waals surface area contributed by atoms with Gasteiger partial charge in [-0.1, -0.05) is 30.3 Å². The molecule has 1 N–H and O–H groups in total. The number of nitrogens with zero attached hydrogens (tertiary/aromatic N) is 3. The van der Waals surface area contributed by atoms with E-state index in [-0.39, 0.29) is 24.6 Å². The van der Waals surface area contributed by atoms with Gasteiger partial charge in [0.1, 0.15) is 0 Å². The molecule has 3 aromatic rings. The number of hydrogen-bond acceptors (Lipinski definition) is 4. The number of nitro groups is 1. The number of nitrogens with one attached hydrogen (secondary N) is 1. The maximum Gasteiger partial charge on any atom is 0.269 e. The molecule has 0 aliphatic carbocycles. The highest BCUT2D eigenvalue weighted by Crippen LogP contribution is 2.18. The van der Waals surface area contributed by atoms with Crippen molar-refractivity contribution in [1.82, 2.24) is 15.1 Å². The van der Waals surface area contributed by atoms with E-state index in [1.807, 2.05) is 48.9 Å². The number of hydrogen-bond donors (Lipinski definition) is 1. The van der Waals surface area contributed by atoms with Crippen molar-refractivity contribution < 1.29 is 9.72 Å². The van der Waals surface area contributed by atoms with Crippen LogP contribution >= 0.6 is 0 Å². The second kappa shape index (κ2) is 7.82. The Morgan fingerprint density at radius 3 is 2.59 bits per heavy atom. The molecular formula is C20H20N4O3. The quantitative estimate of drug-likeness (QED) is 0.537. The summed E-state index contributed by atoms with van der Waals surface area (Å²) in [6, 6.07) is 16.0. The lowest BCUT2D eigenvalue weighted by Gasteiger charge is -2.07. The topological polar surface area (TPSA) is 90.1 Å². The van der Waals surface area contributed by atoms with E-state index in [1.54, 1.807) is 12.1 Å². The fraction of sp³-hybridized carbons (Fsp3) is 0.200. The van der Waals surface area contributed by atoms with Gasteiger partial charge in [-0.2, -0.15) is 5.10 Å². The molecule has 0 saturated heterocycles. The monoisotopic (exact) mass is 364 g/mol. The summed E-state index contributed by atoms with van der Waals surface area (Å²) >= 11 is 0. The second-order valence-electron chi connectivity index (χ2n) is 6.28. The molecule has 0 atom stereocenters. The molecule has 2 aromatic carbocycles. The predicted octanol–water partition coefficient (Wildman–Crippen LogP) is 3.26. The molecule has 7 nitrogen and oxygen atoms in total. The van der Waals surface area contributed by atoms with Gasteiger partial charge in [-0.05, 0) is 31.5 Å². The SMILES string of the molecule is Cc1nn(-c2ccccc2)c(C)c1CC(=O)NCc1cccc([N+](=O)[O-])c1. The summed E-state index contributed by atoms with van der Waals surface area (Å²) in [4.78, 5) is 22.8. The van der Waals surface area contributed by atoms with E-state index in [0.29, 0.717) is 5.56 Å². The molecule has 0 spiro atoms. The van der Waals surface area contributed by atoms with Crippen molar-refractivity contribution in [3.63, 3.8) is 0 Å². The Bertz CT molecular complexity index is 980. The van der Waals surface area contributed by atoms with E-state index in [1.165, 1.54) is 12.1 Å². The lowest BCUT2D eigenvalue weighted by atomic mass is 10.1. The molecule has 0 radical (unpaired) electrons. The Hall–Kier alpha value is -3.48. The zero-order valence-electron chi connectivity index (χ0n) is 15.2. The number of amides is 1. The van der Waals surface area contributed by atoms with Gasteiger partial charge in [0, 0.05) is 29.9 Å². The van der Waals surface area contributed by atoms with Crippen LogP contribution in [0.2, 0.25) is 0 Å². The molecule has 1 aromatic heterocycles. The Morgan fingerprint density at radius 1 is 1.15 bits per heavy atom. The molecule has 0 saturated carbocycles. The normalized spacial score (nSPS) is 10.6. The summed E-state index contributed by atoms with van der Waals surface area (Å²) in [5.74, 6) is -0.152. The van der Waals surface area contributed by atoms with Gasteiger partial charge in [-0.3, -0.25) is 14.9 Å². The molecular weight excluding hydrogens is 344 g/mol. The van der Waals surface area contributed by atoms with Gasteiger partial charge in [-0.25, -0.2) is 4.68 Å². The van der Waals surface area contributed by atoms with Crippen LogP contribution in [0.15, 0.2) is 54.6 Å². The number of benzene rings is 2. The van der Waals surface area contributed by atoms with Crippen molar-refractivity contribution in [3.8, 4) is 5.69 Å². The van der Waals surface area contributed by atoms with Gasteiger partial charge >= 0.3 is 0 Å². The minimum Gasteiger partial charge on any atom is -0.352 e. The van der Waals surface area contributed by atoms with Gasteiger partial charge in [-0.15, -0.1) is 0 Å². The first kappa shape index (κ1) is 18.3. The van der Waals surface area contributed by atoms with Gasteiger partial charge in [0.25, 0.3) is 5.69 Å². The van der Waals surface area contributed by atoms with Crippen LogP contribution in [0, 0.1) is 24.0 Å². The molecule has 0 aliphatic heterocycles. The Kier molecular flexibility index (Phi) is 5.30. The van der Waals surface area contributed by atoms with E-state index in [0.717, 1.165) is 22.6 Å². The average Bonchev–Trinajstić information content (AvgIpc) is 2.95. The van der Waals surface area contributed by atoms with Crippen LogP contribution in [-0.4, -0.2) is 20.6 Å². The highest BCUT2D eigenvalue weighted by molar-refractivity contribution is 5.79. The maximum atomic E-state index is 12.4. The summed E-state index contributed by atoms with van der Waals surface area (Å²) in [7, 11) is 0. The number of nitro benzene ring substituents is 1. The van der Waals surface area contributed by atoms with Crippen molar-refractivity contribution in [3.05, 3.63) is 87.2 Å². The number of rotatable bonds is 6. The Balaban J connectivity index is 1.69. The van der Waals surface area contributed by atoms with E-state index < -0.39 is 4.92 Å². The highest BCUT2D eigenvalue weighted by Gasteiger charge is 2.16. The first-order chi connectivity index (χ1) is 13.0. The summed E-state index contributed by atoms with van der Waals surface area (Å²) in [6.07, 6.45) is 0.208. The van der Waals surface area contributed by atoms with Crippen LogP contribution in [0.5, 0.6) is 0 Å². The molecule has 1 heterocycles. The van der Waals surface area contributed by atoms with E-state index in [4.69, 9.17) is 0 Å². The molecule has 3 rings (SSSR count). The van der Waals surface area contributed by atoms with Gasteiger partial charge < -0.3 is 5.32 Å². The minimum absolute atomic E-state index is 0.0116. The van der Waals surface area contributed by atoms with Gasteiger partial charge in [0.2, 0.25) is 5.91 Å². The molecule has 138 valence electrons. The third-order valence-corrected chi connectivity index (χ3v) is 4.39. The number of para-hydroxylation sites is 1. The molecule has 27 heavy (non-hydrogen) atoms. The van der Waals surface area contributed by atoms with Crippen molar-refractivity contribution in [2.75, 3.05) is 0 Å². The largest absolute Gasteiger partial charge is 0.352 e. The summed E-state index contributed by atoms with van der Waals surface area (Å²) < 4.78 is 1.83. The Morgan fingerprint density at radius 2 is 1.89 bits per heavy atom. The van der Waals surface area contributed by atoms with Crippen LogP contribution < -0.4 is 5.32 Å². The molecule has 1 amide bonds. The van der Waals surface area contributed by atoms with Crippen molar-refractivity contribution in [1.29, 1.82) is 0 Å². The summed E-state index contributed by atoms with van der Waals surface area (Å²) in [6.45, 7) is 4.07. The molecule has 0 unspecified atom stereocenters. The zero-order valence-corrected chi connectivity index (χ0v) is 15.2. The first-order valence-corrected chi connectivity index (χ1v) is 8.56. The minimum atomic E-state index is -0.448. The van der Waals surface area contributed by atoms with Crippen LogP contribution in [0.4, 0.5) is 5.69 Å². The predicted molar refractivity (Wildman–Crippen MR) is 102 cm³/mol. The van der Waals surface area contributed by atoms with Gasteiger partial charge in [0.05, 0.1) is 22.7 Å². The second-order valence-corrected chi connectivity index (χ2v) is 6.28. The van der Waals surface area contributed by atoms with Crippen molar-refractivity contribution >= 4 is 11.6 Å². The number of aryl methyl sites for hydroxylation is 1. The lowest BCUT2D eigenvalue weighted by molar-refractivity contribution is -0.384. The van der Waals surface area contributed by atoms with Gasteiger partial charge in [0.15, 0.2) is 0 Å². The van der Waals surface area contributed by atoms with E-state index in [2.05, 4.69) is 10.4 Å². The first-order valence-electron chi connectivity index (χ1n) is 8.56. The average molecular weight is 364 g/mol. The summed E-state index contributed by atoms with van der Waals surface area (Å²) in [5.41, 5.74) is 4.26. The highest BCUT2D eigenvalue weighted by atomic mass is 16.6. The Labute approximate surface area is 156 Å². The third-order valence-electron chi connectivity index (χ3n) is 4.39. The third kappa shape index (κ3) is 4.20. The molecule has 7 heteroatoms. The standard InChI is InChI=1S/C20H20N4O3/c1-14-19(15(2)23(22-14)17-8-4-3-5-9-17)12-20(25)21-13-16-7-6-10-18(11-16)24(26)27/h3-11H,12-13H2,1-2H3,(H,21,25). The number of aromatic nitrogens is 2. The number of carbonyl (C=O) groups excluding carboxylic acids is 1. The van der Waals surface area contributed by atoms with Crippen LogP contribution in [0.25, 0.3) is 5.69 Å². The maximum absolute atomic E-state index is 12.4.